The summed E-state index contributed by atoms with van der Waals surface area (Å²) in [5.41, 5.74) is -0.359. The van der Waals surface area contributed by atoms with E-state index < -0.39 is 23.6 Å². The number of aromatic nitrogens is 1. The molecule has 0 aliphatic heterocycles. The second kappa shape index (κ2) is 9.06. The maximum absolute atomic E-state index is 13.6. The molecule has 0 aliphatic rings. The molecule has 0 bridgehead atoms. The van der Waals surface area contributed by atoms with Crippen molar-refractivity contribution in [3.05, 3.63) is 41.0 Å². The van der Waals surface area contributed by atoms with Crippen LogP contribution in [0.25, 0.3) is 0 Å². The van der Waals surface area contributed by atoms with Gasteiger partial charge in [0.1, 0.15) is 23.2 Å². The minimum atomic E-state index is -1.39. The van der Waals surface area contributed by atoms with Gasteiger partial charge in [-0.3, -0.25) is 5.32 Å². The third-order valence-electron chi connectivity index (χ3n) is 3.10. The van der Waals surface area contributed by atoms with Crippen LogP contribution in [0.3, 0.4) is 0 Å². The highest BCUT2D eigenvalue weighted by Crippen LogP contribution is 2.31. The summed E-state index contributed by atoms with van der Waals surface area (Å²) in [6.07, 6.45) is 0.347. The molecular formula is C15H15F2N3O5S. The van der Waals surface area contributed by atoms with Crippen molar-refractivity contribution in [1.82, 2.24) is 9.69 Å². The number of halogens is 2. The number of carbonyl (C=O) groups is 2. The number of nitrogens with one attached hydrogen (secondary N) is 2. The van der Waals surface area contributed by atoms with E-state index in [1.807, 2.05) is 0 Å². The highest BCUT2D eigenvalue weighted by molar-refractivity contribution is 7.11. The van der Waals surface area contributed by atoms with Crippen molar-refractivity contribution in [2.75, 3.05) is 18.5 Å². The molecule has 8 nitrogen and oxygen atoms in total. The molecule has 0 radical (unpaired) electrons. The molecular weight excluding hydrogens is 372 g/mol. The molecule has 2 amide bonds. The van der Waals surface area contributed by atoms with Crippen molar-refractivity contribution in [3.8, 4) is 5.88 Å². The first kappa shape index (κ1) is 19.5. The van der Waals surface area contributed by atoms with E-state index in [1.54, 1.807) is 0 Å². The fourth-order valence-electron chi connectivity index (χ4n) is 1.86. The molecule has 0 fully saturated rings. The Labute approximate surface area is 150 Å². The lowest BCUT2D eigenvalue weighted by atomic mass is 10.2. The summed E-state index contributed by atoms with van der Waals surface area (Å²) >= 11 is 0.683. The van der Waals surface area contributed by atoms with Gasteiger partial charge in [0.05, 0.1) is 0 Å². The molecule has 2 aromatic rings. The normalized spacial score (nSPS) is 10.4. The standard InChI is InChI=1S/C15H15F2N3O5S/c16-9-3-2-8(10(17)6-9)7-25-12-11(14(22)23)13(26-20-12)19-15(24)18-4-1-5-21/h2-3,6,21H,1,4-5,7H2,(H,22,23)(H2,18,19,24). The van der Waals surface area contributed by atoms with Crippen LogP contribution >= 0.6 is 11.5 Å². The fourth-order valence-corrected chi connectivity index (χ4v) is 2.58. The lowest BCUT2D eigenvalue weighted by Gasteiger charge is -2.07. The minimum Gasteiger partial charge on any atom is -0.477 e. The van der Waals surface area contributed by atoms with Gasteiger partial charge in [-0.1, -0.05) is 0 Å². The third kappa shape index (κ3) is 5.10. The summed E-state index contributed by atoms with van der Waals surface area (Å²) in [6.45, 7) is -0.256. The highest BCUT2D eigenvalue weighted by Gasteiger charge is 2.23. The van der Waals surface area contributed by atoms with Crippen molar-refractivity contribution in [2.24, 2.45) is 0 Å². The van der Waals surface area contributed by atoms with E-state index in [9.17, 15) is 23.5 Å². The van der Waals surface area contributed by atoms with Gasteiger partial charge in [-0.05, 0) is 30.1 Å². The number of carboxylic acids is 1. The number of aliphatic hydroxyl groups is 1. The number of aromatic carboxylic acids is 1. The molecule has 0 spiro atoms. The molecule has 1 aromatic heterocycles. The molecule has 0 atom stereocenters. The molecule has 140 valence electrons. The quantitative estimate of drug-likeness (QED) is 0.516. The molecule has 0 aliphatic carbocycles. The molecule has 0 saturated heterocycles. The Bertz CT molecular complexity index is 800. The van der Waals surface area contributed by atoms with Crippen LogP contribution in [-0.4, -0.2) is 39.7 Å². The number of aliphatic hydroxyl groups excluding tert-OH is 1. The lowest BCUT2D eigenvalue weighted by Crippen LogP contribution is -2.30. The van der Waals surface area contributed by atoms with Crippen LogP contribution < -0.4 is 15.4 Å². The zero-order valence-corrected chi connectivity index (χ0v) is 14.1. The molecule has 0 saturated carbocycles. The summed E-state index contributed by atoms with van der Waals surface area (Å²) in [5.74, 6) is -3.26. The average molecular weight is 387 g/mol. The van der Waals surface area contributed by atoms with Gasteiger partial charge in [-0.25, -0.2) is 18.4 Å². The number of carbonyl (C=O) groups excluding carboxylic acids is 1. The van der Waals surface area contributed by atoms with Crippen molar-refractivity contribution in [3.63, 3.8) is 0 Å². The second-order valence-corrected chi connectivity index (χ2v) is 5.75. The number of amides is 2. The first-order valence-corrected chi connectivity index (χ1v) is 8.15. The van der Waals surface area contributed by atoms with E-state index in [-0.39, 0.29) is 41.8 Å². The van der Waals surface area contributed by atoms with Crippen molar-refractivity contribution >= 4 is 28.5 Å². The second-order valence-electron chi connectivity index (χ2n) is 4.98. The predicted octanol–water partition coefficient (Wildman–Crippen LogP) is 2.20. The Hall–Kier alpha value is -2.79. The van der Waals surface area contributed by atoms with Gasteiger partial charge >= 0.3 is 12.0 Å². The number of nitrogens with zero attached hydrogens (tertiary/aromatic N) is 1. The van der Waals surface area contributed by atoms with Crippen LogP contribution in [0.1, 0.15) is 22.3 Å². The maximum Gasteiger partial charge on any atom is 0.344 e. The Morgan fingerprint density at radius 3 is 2.73 bits per heavy atom. The number of urea groups is 1. The van der Waals surface area contributed by atoms with Crippen LogP contribution in [0.5, 0.6) is 5.88 Å². The smallest absolute Gasteiger partial charge is 0.344 e. The molecule has 2 rings (SSSR count). The van der Waals surface area contributed by atoms with Gasteiger partial charge in [0.15, 0.2) is 5.56 Å². The third-order valence-corrected chi connectivity index (χ3v) is 3.85. The first-order valence-electron chi connectivity index (χ1n) is 7.37. The topological polar surface area (TPSA) is 121 Å². The van der Waals surface area contributed by atoms with Crippen LogP contribution in [0.2, 0.25) is 0 Å². The van der Waals surface area contributed by atoms with Crippen LogP contribution in [-0.2, 0) is 6.61 Å². The Morgan fingerprint density at radius 1 is 1.31 bits per heavy atom. The zero-order chi connectivity index (χ0) is 19.1. The number of hydrogen-bond acceptors (Lipinski definition) is 6. The van der Waals surface area contributed by atoms with E-state index in [0.717, 1.165) is 6.07 Å². The molecule has 11 heteroatoms. The summed E-state index contributed by atoms with van der Waals surface area (Å²) in [7, 11) is 0. The number of hydrogen-bond donors (Lipinski definition) is 4. The van der Waals surface area contributed by atoms with Crippen molar-refractivity contribution < 1.29 is 33.3 Å². The summed E-state index contributed by atoms with van der Waals surface area (Å²) in [6, 6.07) is 2.23. The molecule has 26 heavy (non-hydrogen) atoms. The van der Waals surface area contributed by atoms with E-state index in [2.05, 4.69) is 15.0 Å². The molecule has 0 unspecified atom stereocenters. The lowest BCUT2D eigenvalue weighted by molar-refractivity contribution is 0.0693. The van der Waals surface area contributed by atoms with Crippen molar-refractivity contribution in [2.45, 2.75) is 13.0 Å². The average Bonchev–Trinajstić information content (AvgIpc) is 2.97. The number of ether oxygens (including phenoxy) is 1. The summed E-state index contributed by atoms with van der Waals surface area (Å²) in [4.78, 5) is 23.1. The number of benzene rings is 1. The number of anilines is 1. The molecule has 4 N–H and O–H groups in total. The first-order chi connectivity index (χ1) is 12.4. The largest absolute Gasteiger partial charge is 0.477 e. The maximum atomic E-state index is 13.6. The number of carboxylic acid groups (broad SMARTS) is 1. The van der Waals surface area contributed by atoms with E-state index in [4.69, 9.17) is 9.84 Å². The monoisotopic (exact) mass is 387 g/mol. The number of rotatable bonds is 8. The van der Waals surface area contributed by atoms with Gasteiger partial charge in [-0.15, -0.1) is 0 Å². The van der Waals surface area contributed by atoms with Gasteiger partial charge in [0, 0.05) is 24.8 Å². The van der Waals surface area contributed by atoms with E-state index >= 15 is 0 Å². The summed E-state index contributed by atoms with van der Waals surface area (Å²) in [5, 5.41) is 22.7. The van der Waals surface area contributed by atoms with Crippen LogP contribution in [0, 0.1) is 11.6 Å². The Kier molecular flexibility index (Phi) is 6.81. The Morgan fingerprint density at radius 2 is 2.08 bits per heavy atom. The fraction of sp³-hybridized carbons (Fsp3) is 0.267. The zero-order valence-electron chi connectivity index (χ0n) is 13.3. The minimum absolute atomic E-state index is 0.0204. The van der Waals surface area contributed by atoms with Crippen LogP contribution in [0.4, 0.5) is 18.6 Å². The predicted molar refractivity (Wildman–Crippen MR) is 88.5 cm³/mol. The Balaban J connectivity index is 2.08. The van der Waals surface area contributed by atoms with Gasteiger partial charge in [0.25, 0.3) is 0 Å². The van der Waals surface area contributed by atoms with Crippen molar-refractivity contribution in [1.29, 1.82) is 0 Å². The summed E-state index contributed by atoms with van der Waals surface area (Å²) < 4.78 is 35.5. The SMILES string of the molecule is O=C(NCCCO)Nc1snc(OCc2ccc(F)cc2F)c1C(=O)O. The van der Waals surface area contributed by atoms with Crippen LogP contribution in [0.15, 0.2) is 18.2 Å². The van der Waals surface area contributed by atoms with E-state index in [1.165, 1.54) is 6.07 Å². The van der Waals surface area contributed by atoms with Gasteiger partial charge in [-0.2, -0.15) is 4.37 Å². The molecule has 1 aromatic carbocycles. The molecule has 1 heterocycles. The van der Waals surface area contributed by atoms with E-state index in [0.29, 0.717) is 24.0 Å². The van der Waals surface area contributed by atoms with Gasteiger partial charge in [0.2, 0.25) is 5.88 Å². The van der Waals surface area contributed by atoms with Gasteiger partial charge < -0.3 is 20.3 Å². The highest BCUT2D eigenvalue weighted by atomic mass is 32.1.